The molecule has 3 saturated carbocycles. The molecule has 1 N–H and O–H groups in total. The molecule has 0 unspecified atom stereocenters. The lowest BCUT2D eigenvalue weighted by atomic mass is 9.71. The second-order valence-electron chi connectivity index (χ2n) is 14.9. The van der Waals surface area contributed by atoms with Crippen molar-refractivity contribution in [3.63, 3.8) is 0 Å². The van der Waals surface area contributed by atoms with Crippen LogP contribution in [0.5, 0.6) is 0 Å². The third-order valence-corrected chi connectivity index (χ3v) is 11.3. The minimum absolute atomic E-state index is 0.138. The summed E-state index contributed by atoms with van der Waals surface area (Å²) in [5.41, 5.74) is 2.24. The van der Waals surface area contributed by atoms with Gasteiger partial charge in [-0.2, -0.15) is 0 Å². The predicted molar refractivity (Wildman–Crippen MR) is 184 cm³/mol. The topological polar surface area (TPSA) is 63.6 Å². The van der Waals surface area contributed by atoms with Crippen LogP contribution in [0, 0.1) is 17.8 Å². The van der Waals surface area contributed by atoms with E-state index < -0.39 is 12.1 Å². The molecular weight excluding hydrogens is 544 g/mol. The number of esters is 1. The molecule has 3 rings (SSSR count). The van der Waals surface area contributed by atoms with E-state index >= 15 is 0 Å². The minimum Gasteiger partial charge on any atom is -0.449 e. The van der Waals surface area contributed by atoms with Crippen LogP contribution in [0.25, 0.3) is 0 Å². The summed E-state index contributed by atoms with van der Waals surface area (Å²) in [5.74, 6) is 0.413. The Morgan fingerprint density at radius 2 is 0.591 bits per heavy atom. The summed E-state index contributed by atoms with van der Waals surface area (Å²) in [6, 6.07) is 0. The smallest absolute Gasteiger partial charge is 0.449 e. The van der Waals surface area contributed by atoms with Crippen molar-refractivity contribution in [1.29, 1.82) is 0 Å². The van der Waals surface area contributed by atoms with Crippen molar-refractivity contribution in [2.45, 2.75) is 212 Å². The average Bonchev–Trinajstić information content (AvgIpc) is 2.97. The minimum atomic E-state index is -1.43. The highest BCUT2D eigenvalue weighted by Gasteiger charge is 2.34. The van der Waals surface area contributed by atoms with Gasteiger partial charge in [-0.25, -0.2) is 9.59 Å². The third-order valence-electron chi connectivity index (χ3n) is 11.3. The lowest BCUT2D eigenvalue weighted by Crippen LogP contribution is -2.27. The van der Waals surface area contributed by atoms with Gasteiger partial charge in [-0.15, -0.1) is 0 Å². The van der Waals surface area contributed by atoms with Gasteiger partial charge in [0.05, 0.1) is 0 Å². The molecule has 0 saturated heterocycles. The monoisotopic (exact) mass is 615 g/mol. The Hall–Kier alpha value is -1.32. The molecule has 0 spiro atoms. The number of hydrogen-bond acceptors (Lipinski definition) is 3. The maximum absolute atomic E-state index is 14.1. The van der Waals surface area contributed by atoms with Crippen LogP contribution in [0.1, 0.15) is 212 Å². The van der Waals surface area contributed by atoms with Crippen molar-refractivity contribution in [2.75, 3.05) is 0 Å². The molecule has 4 nitrogen and oxygen atoms in total. The van der Waals surface area contributed by atoms with E-state index in [4.69, 9.17) is 4.74 Å². The fourth-order valence-electron chi connectivity index (χ4n) is 8.83. The van der Waals surface area contributed by atoms with Crippen LogP contribution in [-0.2, 0) is 9.53 Å². The highest BCUT2D eigenvalue weighted by atomic mass is 16.7. The van der Waals surface area contributed by atoms with Gasteiger partial charge in [0.25, 0.3) is 0 Å². The fourth-order valence-corrected chi connectivity index (χ4v) is 8.83. The molecule has 0 heterocycles. The van der Waals surface area contributed by atoms with Gasteiger partial charge in [0.2, 0.25) is 0 Å². The second-order valence-corrected chi connectivity index (χ2v) is 14.9. The van der Waals surface area contributed by atoms with Gasteiger partial charge in [-0.05, 0) is 56.3 Å². The Balaban J connectivity index is 2.06. The number of rotatable bonds is 4. The number of carbonyl (C=O) groups is 2. The summed E-state index contributed by atoms with van der Waals surface area (Å²) in [4.78, 5) is 26.1. The lowest BCUT2D eigenvalue weighted by molar-refractivity contribution is -0.135. The van der Waals surface area contributed by atoms with Crippen molar-refractivity contribution in [3.05, 3.63) is 11.1 Å². The maximum Gasteiger partial charge on any atom is 0.513 e. The molecule has 0 aliphatic heterocycles. The van der Waals surface area contributed by atoms with Gasteiger partial charge >= 0.3 is 12.1 Å². The van der Waals surface area contributed by atoms with E-state index in [1.165, 1.54) is 166 Å². The summed E-state index contributed by atoms with van der Waals surface area (Å²) in [7, 11) is 0. The van der Waals surface area contributed by atoms with Crippen molar-refractivity contribution in [1.82, 2.24) is 0 Å². The average molecular weight is 615 g/mol. The Labute approximate surface area is 271 Å². The van der Waals surface area contributed by atoms with Crippen molar-refractivity contribution >= 4 is 12.1 Å². The van der Waals surface area contributed by atoms with E-state index in [2.05, 4.69) is 0 Å². The van der Waals surface area contributed by atoms with Crippen LogP contribution in [0.2, 0.25) is 0 Å². The van der Waals surface area contributed by atoms with Gasteiger partial charge in [0.15, 0.2) is 0 Å². The number of hydrogen-bond donors (Lipinski definition) is 1. The standard InChI is InChI=1S/C40H70O4/c41-39(44-40(42)43)38(36-32-26-20-14-8-3-9-15-21-27-33-36)37(34-28-22-16-10-4-1-5-11-17-23-29-34)35-30-24-18-12-6-2-7-13-19-25-31-35/h34-36H,1-33H2,(H,42,43). The van der Waals surface area contributed by atoms with Gasteiger partial charge < -0.3 is 9.84 Å². The first-order chi connectivity index (χ1) is 21.7. The third kappa shape index (κ3) is 15.3. The molecule has 4 heteroatoms. The molecule has 3 fully saturated rings. The summed E-state index contributed by atoms with van der Waals surface area (Å²) in [5, 5.41) is 9.74. The van der Waals surface area contributed by atoms with Crippen LogP contribution in [-0.4, -0.2) is 17.2 Å². The molecule has 0 aromatic rings. The Morgan fingerprint density at radius 3 is 0.841 bits per heavy atom. The molecule has 0 amide bonds. The molecule has 0 radical (unpaired) electrons. The van der Waals surface area contributed by atoms with E-state index in [9.17, 15) is 14.7 Å². The second kappa shape index (κ2) is 23.9. The molecular formula is C40H70O4. The number of allylic oxidation sites excluding steroid dienone is 1. The Kier molecular flexibility index (Phi) is 20.2. The molecule has 3 aliphatic carbocycles. The van der Waals surface area contributed by atoms with Gasteiger partial charge in [-0.3, -0.25) is 0 Å². The van der Waals surface area contributed by atoms with Gasteiger partial charge in [0, 0.05) is 5.57 Å². The molecule has 0 bridgehead atoms. The van der Waals surface area contributed by atoms with E-state index in [1.807, 2.05) is 0 Å². The largest absolute Gasteiger partial charge is 0.513 e. The zero-order chi connectivity index (χ0) is 31.1. The molecule has 0 aromatic heterocycles. The number of ether oxygens (including phenoxy) is 1. The van der Waals surface area contributed by atoms with E-state index in [0.29, 0.717) is 11.8 Å². The lowest BCUT2D eigenvalue weighted by Gasteiger charge is -2.34. The first kappa shape index (κ1) is 37.1. The number of carboxylic acid groups (broad SMARTS) is 1. The zero-order valence-corrected chi connectivity index (χ0v) is 28.7. The zero-order valence-electron chi connectivity index (χ0n) is 28.7. The molecule has 0 atom stereocenters. The predicted octanol–water partition coefficient (Wildman–Crippen LogP) is 13.3. The Morgan fingerprint density at radius 1 is 0.364 bits per heavy atom. The summed E-state index contributed by atoms with van der Waals surface area (Å²) in [6.45, 7) is 0. The summed E-state index contributed by atoms with van der Waals surface area (Å²) >= 11 is 0. The van der Waals surface area contributed by atoms with Crippen molar-refractivity contribution < 1.29 is 19.4 Å². The number of carbonyl (C=O) groups excluding carboxylic acids is 1. The van der Waals surface area contributed by atoms with Crippen LogP contribution in [0.15, 0.2) is 11.1 Å². The van der Waals surface area contributed by atoms with Crippen LogP contribution < -0.4 is 0 Å². The maximum atomic E-state index is 14.1. The van der Waals surface area contributed by atoms with Crippen LogP contribution >= 0.6 is 0 Å². The SMILES string of the molecule is O=C(O)OC(=O)C(=C(C1CCCCCCCCCCC1)C1CCCCCCCCCCC1)C1CCCCCCCCCCC1. The molecule has 254 valence electrons. The van der Waals surface area contributed by atoms with Crippen molar-refractivity contribution in [2.24, 2.45) is 17.8 Å². The van der Waals surface area contributed by atoms with Gasteiger partial charge in [0.1, 0.15) is 0 Å². The normalized spacial score (nSPS) is 23.6. The molecule has 0 aromatic carbocycles. The summed E-state index contributed by atoms with van der Waals surface area (Å²) < 4.78 is 5.20. The van der Waals surface area contributed by atoms with E-state index in [-0.39, 0.29) is 5.92 Å². The first-order valence-electron chi connectivity index (χ1n) is 19.9. The van der Waals surface area contributed by atoms with Crippen LogP contribution in [0.3, 0.4) is 0 Å². The summed E-state index contributed by atoms with van der Waals surface area (Å²) in [6.07, 6.45) is 40.0. The highest BCUT2D eigenvalue weighted by molar-refractivity contribution is 5.95. The van der Waals surface area contributed by atoms with Crippen LogP contribution in [0.4, 0.5) is 4.79 Å². The van der Waals surface area contributed by atoms with E-state index in [0.717, 1.165) is 56.9 Å². The molecule has 44 heavy (non-hydrogen) atoms. The first-order valence-corrected chi connectivity index (χ1v) is 19.9. The van der Waals surface area contributed by atoms with Crippen molar-refractivity contribution in [3.8, 4) is 0 Å². The van der Waals surface area contributed by atoms with E-state index in [1.54, 1.807) is 0 Å². The Bertz CT molecular complexity index is 733. The van der Waals surface area contributed by atoms with Gasteiger partial charge in [-0.1, -0.05) is 179 Å². The quantitative estimate of drug-likeness (QED) is 0.194. The fraction of sp³-hybridized carbons (Fsp3) is 0.900. The highest BCUT2D eigenvalue weighted by Crippen LogP contribution is 2.42. The molecule has 3 aliphatic rings.